The van der Waals surface area contributed by atoms with E-state index in [2.05, 4.69) is 5.32 Å². The number of methoxy groups -OCH3 is 1. The Bertz CT molecular complexity index is 428. The molecule has 18 heavy (non-hydrogen) atoms. The number of hydrogen-bond donors (Lipinski definition) is 2. The van der Waals surface area contributed by atoms with E-state index in [1.807, 2.05) is 0 Å². The van der Waals surface area contributed by atoms with E-state index >= 15 is 0 Å². The monoisotopic (exact) mass is 253 g/mol. The zero-order valence-electron chi connectivity index (χ0n) is 10.9. The van der Waals surface area contributed by atoms with Crippen LogP contribution in [0, 0.1) is 12.7 Å². The number of halogens is 1. The summed E-state index contributed by atoms with van der Waals surface area (Å²) in [5.41, 5.74) is 1.56. The van der Waals surface area contributed by atoms with E-state index in [0.717, 1.165) is 24.9 Å². The molecular formula is C14H20FNO2. The van der Waals surface area contributed by atoms with Gasteiger partial charge in [0.05, 0.1) is 7.11 Å². The molecule has 2 N–H and O–H groups in total. The molecule has 1 aromatic carbocycles. The number of rotatable bonds is 3. The van der Waals surface area contributed by atoms with Crippen molar-refractivity contribution in [2.75, 3.05) is 13.7 Å². The lowest BCUT2D eigenvalue weighted by atomic mass is 9.94. The van der Waals surface area contributed by atoms with Crippen LogP contribution >= 0.6 is 0 Å². The molecule has 100 valence electrons. The zero-order valence-corrected chi connectivity index (χ0v) is 10.9. The largest absolute Gasteiger partial charge is 0.504 e. The van der Waals surface area contributed by atoms with Crippen molar-refractivity contribution in [3.63, 3.8) is 0 Å². The molecule has 1 fully saturated rings. The predicted molar refractivity (Wildman–Crippen MR) is 68.7 cm³/mol. The molecule has 0 aliphatic carbocycles. The summed E-state index contributed by atoms with van der Waals surface area (Å²) in [6.45, 7) is 2.82. The van der Waals surface area contributed by atoms with E-state index in [4.69, 9.17) is 4.74 Å². The minimum atomic E-state index is -0.494. The van der Waals surface area contributed by atoms with Crippen LogP contribution in [0.2, 0.25) is 0 Å². The van der Waals surface area contributed by atoms with Gasteiger partial charge in [-0.15, -0.1) is 0 Å². The molecule has 0 saturated carbocycles. The number of piperidine rings is 1. The first-order chi connectivity index (χ1) is 8.63. The molecule has 1 aliphatic heterocycles. The molecule has 1 heterocycles. The van der Waals surface area contributed by atoms with Crippen LogP contribution in [0.25, 0.3) is 0 Å². The first-order valence-electron chi connectivity index (χ1n) is 6.41. The van der Waals surface area contributed by atoms with Crippen LogP contribution in [-0.4, -0.2) is 24.8 Å². The Kier molecular flexibility index (Phi) is 4.07. The highest BCUT2D eigenvalue weighted by Crippen LogP contribution is 2.35. The van der Waals surface area contributed by atoms with Crippen LogP contribution in [0.4, 0.5) is 4.39 Å². The Morgan fingerprint density at radius 1 is 1.50 bits per heavy atom. The van der Waals surface area contributed by atoms with Crippen molar-refractivity contribution in [1.82, 2.24) is 5.32 Å². The van der Waals surface area contributed by atoms with Crippen molar-refractivity contribution in [2.24, 2.45) is 0 Å². The first-order valence-corrected chi connectivity index (χ1v) is 6.41. The van der Waals surface area contributed by atoms with Gasteiger partial charge in [0.2, 0.25) is 0 Å². The molecule has 0 bridgehead atoms. The number of nitrogens with one attached hydrogen (secondary N) is 1. The number of hydrogen-bond acceptors (Lipinski definition) is 3. The van der Waals surface area contributed by atoms with Gasteiger partial charge in [0.1, 0.15) is 0 Å². The van der Waals surface area contributed by atoms with E-state index in [0.29, 0.717) is 11.6 Å². The molecule has 1 atom stereocenters. The summed E-state index contributed by atoms with van der Waals surface area (Å²) in [6.07, 6.45) is 4.27. The third-order valence-electron chi connectivity index (χ3n) is 3.65. The lowest BCUT2D eigenvalue weighted by Gasteiger charge is -2.24. The molecule has 0 amide bonds. The minimum Gasteiger partial charge on any atom is -0.504 e. The summed E-state index contributed by atoms with van der Waals surface area (Å²) in [5, 5.41) is 13.3. The molecular weight excluding hydrogens is 233 g/mol. The zero-order chi connectivity index (χ0) is 13.1. The van der Waals surface area contributed by atoms with Crippen LogP contribution in [0.3, 0.4) is 0 Å². The van der Waals surface area contributed by atoms with Crippen LogP contribution in [0.15, 0.2) is 6.07 Å². The molecule has 1 saturated heterocycles. The van der Waals surface area contributed by atoms with Gasteiger partial charge < -0.3 is 15.2 Å². The third-order valence-corrected chi connectivity index (χ3v) is 3.65. The molecule has 2 rings (SSSR count). The second-order valence-corrected chi connectivity index (χ2v) is 4.88. The van der Waals surface area contributed by atoms with Crippen LogP contribution in [0.5, 0.6) is 11.5 Å². The van der Waals surface area contributed by atoms with E-state index in [1.54, 1.807) is 6.92 Å². The second-order valence-electron chi connectivity index (χ2n) is 4.88. The van der Waals surface area contributed by atoms with Gasteiger partial charge in [0, 0.05) is 6.04 Å². The van der Waals surface area contributed by atoms with Crippen molar-refractivity contribution in [3.05, 3.63) is 23.0 Å². The van der Waals surface area contributed by atoms with Gasteiger partial charge in [-0.1, -0.05) is 6.42 Å². The fourth-order valence-electron chi connectivity index (χ4n) is 2.53. The van der Waals surface area contributed by atoms with Gasteiger partial charge in [0.15, 0.2) is 17.3 Å². The topological polar surface area (TPSA) is 41.5 Å². The number of aromatic hydroxyl groups is 1. The standard InChI is InChI=1S/C14H20FNO2/c1-9-10(7-11-5-3-4-6-16-11)8-12(15)14(18-2)13(9)17/h8,11,16-17H,3-7H2,1-2H3. The van der Waals surface area contributed by atoms with E-state index < -0.39 is 5.82 Å². The molecule has 3 nitrogen and oxygen atoms in total. The van der Waals surface area contributed by atoms with Crippen molar-refractivity contribution in [3.8, 4) is 11.5 Å². The number of phenolic OH excluding ortho intramolecular Hbond substituents is 1. The van der Waals surface area contributed by atoms with Crippen molar-refractivity contribution in [1.29, 1.82) is 0 Å². The maximum absolute atomic E-state index is 13.7. The second kappa shape index (κ2) is 5.57. The van der Waals surface area contributed by atoms with Gasteiger partial charge in [-0.25, -0.2) is 4.39 Å². The maximum atomic E-state index is 13.7. The molecule has 0 spiro atoms. The van der Waals surface area contributed by atoms with E-state index in [1.165, 1.54) is 26.0 Å². The number of phenols is 1. The molecule has 4 heteroatoms. The Morgan fingerprint density at radius 2 is 2.28 bits per heavy atom. The fraction of sp³-hybridized carbons (Fsp3) is 0.571. The van der Waals surface area contributed by atoms with Gasteiger partial charge >= 0.3 is 0 Å². The summed E-state index contributed by atoms with van der Waals surface area (Å²) >= 11 is 0. The normalized spacial score (nSPS) is 19.8. The number of benzene rings is 1. The van der Waals surface area contributed by atoms with Crippen LogP contribution in [-0.2, 0) is 6.42 Å². The van der Waals surface area contributed by atoms with Crippen LogP contribution in [0.1, 0.15) is 30.4 Å². The highest BCUT2D eigenvalue weighted by atomic mass is 19.1. The summed E-state index contributed by atoms with van der Waals surface area (Å²) in [4.78, 5) is 0. The van der Waals surface area contributed by atoms with Crippen molar-refractivity contribution < 1.29 is 14.2 Å². The Balaban J connectivity index is 2.22. The van der Waals surface area contributed by atoms with E-state index in [-0.39, 0.29) is 11.5 Å². The summed E-state index contributed by atoms with van der Waals surface area (Å²) in [5.74, 6) is -0.637. The Hall–Kier alpha value is -1.29. The average molecular weight is 253 g/mol. The lowest BCUT2D eigenvalue weighted by Crippen LogP contribution is -2.35. The van der Waals surface area contributed by atoms with Crippen molar-refractivity contribution in [2.45, 2.75) is 38.6 Å². The first kappa shape index (κ1) is 13.1. The molecule has 0 aromatic heterocycles. The number of ether oxygens (including phenoxy) is 1. The third kappa shape index (κ3) is 2.58. The fourth-order valence-corrected chi connectivity index (χ4v) is 2.53. The Labute approximate surface area is 107 Å². The van der Waals surface area contributed by atoms with Crippen molar-refractivity contribution >= 4 is 0 Å². The maximum Gasteiger partial charge on any atom is 0.196 e. The molecule has 1 aromatic rings. The smallest absolute Gasteiger partial charge is 0.196 e. The lowest BCUT2D eigenvalue weighted by molar-refractivity contribution is 0.347. The Morgan fingerprint density at radius 3 is 2.89 bits per heavy atom. The summed E-state index contributed by atoms with van der Waals surface area (Å²) in [7, 11) is 1.36. The van der Waals surface area contributed by atoms with Gasteiger partial charge in [-0.3, -0.25) is 0 Å². The molecule has 0 radical (unpaired) electrons. The van der Waals surface area contributed by atoms with Gasteiger partial charge in [-0.05, 0) is 49.9 Å². The van der Waals surface area contributed by atoms with Crippen LogP contribution < -0.4 is 10.1 Å². The predicted octanol–water partition coefficient (Wildman–Crippen LogP) is 2.53. The molecule has 1 aliphatic rings. The van der Waals surface area contributed by atoms with Gasteiger partial charge in [0.25, 0.3) is 0 Å². The summed E-state index contributed by atoms with van der Waals surface area (Å²) < 4.78 is 18.6. The van der Waals surface area contributed by atoms with E-state index in [9.17, 15) is 9.50 Å². The summed E-state index contributed by atoms with van der Waals surface area (Å²) in [6, 6.07) is 1.86. The minimum absolute atomic E-state index is 0.0622. The average Bonchev–Trinajstić information content (AvgIpc) is 2.37. The highest BCUT2D eigenvalue weighted by Gasteiger charge is 2.19. The van der Waals surface area contributed by atoms with Gasteiger partial charge in [-0.2, -0.15) is 0 Å². The molecule has 1 unspecified atom stereocenters. The SMILES string of the molecule is COc1c(F)cc(CC2CCCCN2)c(C)c1O. The quantitative estimate of drug-likeness (QED) is 0.869. The highest BCUT2D eigenvalue weighted by molar-refractivity contribution is 5.50.